The molecule has 0 unspecified atom stereocenters. The standard InChI is InChI=1S/C16H22N2O/c1-4-6-14-16(19)15(18(17-14)11-5-2)13-9-7-12(3)8-10-13/h7-10,19H,4-6,11H2,1-3H3. The van der Waals surface area contributed by atoms with Gasteiger partial charge in [0.15, 0.2) is 5.75 Å². The molecule has 19 heavy (non-hydrogen) atoms. The first-order valence-electron chi connectivity index (χ1n) is 7.03. The minimum Gasteiger partial charge on any atom is -0.504 e. The van der Waals surface area contributed by atoms with E-state index >= 15 is 0 Å². The quantitative estimate of drug-likeness (QED) is 0.882. The van der Waals surface area contributed by atoms with Crippen molar-refractivity contribution in [2.75, 3.05) is 0 Å². The highest BCUT2D eigenvalue weighted by Gasteiger charge is 2.17. The molecule has 1 N–H and O–H groups in total. The maximum Gasteiger partial charge on any atom is 0.164 e. The lowest BCUT2D eigenvalue weighted by molar-refractivity contribution is 0.469. The van der Waals surface area contributed by atoms with Gasteiger partial charge in [0.2, 0.25) is 0 Å². The van der Waals surface area contributed by atoms with E-state index in [-0.39, 0.29) is 0 Å². The van der Waals surface area contributed by atoms with E-state index in [1.165, 1.54) is 5.56 Å². The van der Waals surface area contributed by atoms with Crippen LogP contribution in [0.5, 0.6) is 5.75 Å². The van der Waals surface area contributed by atoms with Gasteiger partial charge in [0.25, 0.3) is 0 Å². The van der Waals surface area contributed by atoms with Gasteiger partial charge in [0.1, 0.15) is 11.4 Å². The lowest BCUT2D eigenvalue weighted by Gasteiger charge is -2.06. The molecule has 0 spiro atoms. The molecule has 1 aromatic carbocycles. The summed E-state index contributed by atoms with van der Waals surface area (Å²) in [5.74, 6) is 0.346. The minimum atomic E-state index is 0.346. The fourth-order valence-electron chi connectivity index (χ4n) is 2.28. The van der Waals surface area contributed by atoms with Gasteiger partial charge in [-0.3, -0.25) is 4.68 Å². The predicted octanol–water partition coefficient (Wildman–Crippen LogP) is 3.93. The Bertz CT molecular complexity index is 541. The fourth-order valence-corrected chi connectivity index (χ4v) is 2.28. The first-order chi connectivity index (χ1) is 9.17. The average molecular weight is 258 g/mol. The fraction of sp³-hybridized carbons (Fsp3) is 0.438. The summed E-state index contributed by atoms with van der Waals surface area (Å²) in [6, 6.07) is 8.23. The third-order valence-corrected chi connectivity index (χ3v) is 3.24. The molecule has 0 atom stereocenters. The zero-order valence-electron chi connectivity index (χ0n) is 12.0. The van der Waals surface area contributed by atoms with Crippen molar-refractivity contribution in [2.45, 2.75) is 46.6 Å². The third kappa shape index (κ3) is 2.80. The highest BCUT2D eigenvalue weighted by Crippen LogP contribution is 2.33. The first kappa shape index (κ1) is 13.7. The van der Waals surface area contributed by atoms with Crippen molar-refractivity contribution in [3.8, 4) is 17.0 Å². The van der Waals surface area contributed by atoms with Crippen LogP contribution in [0.25, 0.3) is 11.3 Å². The van der Waals surface area contributed by atoms with Crippen LogP contribution < -0.4 is 0 Å². The van der Waals surface area contributed by atoms with Gasteiger partial charge in [-0.15, -0.1) is 0 Å². The van der Waals surface area contributed by atoms with Crippen molar-refractivity contribution in [3.63, 3.8) is 0 Å². The molecule has 0 aliphatic rings. The molecule has 0 aliphatic heterocycles. The largest absolute Gasteiger partial charge is 0.504 e. The van der Waals surface area contributed by atoms with E-state index in [0.717, 1.165) is 42.8 Å². The van der Waals surface area contributed by atoms with Crippen LogP contribution in [-0.4, -0.2) is 14.9 Å². The van der Waals surface area contributed by atoms with Gasteiger partial charge in [0.05, 0.1) is 0 Å². The van der Waals surface area contributed by atoms with E-state index < -0.39 is 0 Å². The molecule has 0 aliphatic carbocycles. The van der Waals surface area contributed by atoms with Gasteiger partial charge in [-0.2, -0.15) is 5.10 Å². The van der Waals surface area contributed by atoms with Crippen LogP contribution in [0.4, 0.5) is 0 Å². The summed E-state index contributed by atoms with van der Waals surface area (Å²) in [6.45, 7) is 7.12. The molecule has 102 valence electrons. The second kappa shape index (κ2) is 5.91. The number of benzene rings is 1. The molecule has 1 heterocycles. The SMILES string of the molecule is CCCc1nn(CCC)c(-c2ccc(C)cc2)c1O. The van der Waals surface area contributed by atoms with Gasteiger partial charge in [0, 0.05) is 12.1 Å². The van der Waals surface area contributed by atoms with E-state index in [0.29, 0.717) is 5.75 Å². The summed E-state index contributed by atoms with van der Waals surface area (Å²) in [5, 5.41) is 15.0. The Morgan fingerprint density at radius 1 is 1.11 bits per heavy atom. The summed E-state index contributed by atoms with van der Waals surface area (Å²) in [6.07, 6.45) is 2.82. The van der Waals surface area contributed by atoms with Gasteiger partial charge in [-0.05, 0) is 19.8 Å². The van der Waals surface area contributed by atoms with Crippen LogP contribution in [0.3, 0.4) is 0 Å². The lowest BCUT2D eigenvalue weighted by Crippen LogP contribution is -2.02. The zero-order valence-corrected chi connectivity index (χ0v) is 12.0. The second-order valence-corrected chi connectivity index (χ2v) is 4.98. The van der Waals surface area contributed by atoms with Gasteiger partial charge < -0.3 is 5.11 Å². The Morgan fingerprint density at radius 3 is 2.37 bits per heavy atom. The van der Waals surface area contributed by atoms with Gasteiger partial charge in [-0.25, -0.2) is 0 Å². The predicted molar refractivity (Wildman–Crippen MR) is 78.4 cm³/mol. The molecule has 0 amide bonds. The van der Waals surface area contributed by atoms with Crippen LogP contribution in [0.2, 0.25) is 0 Å². The molecule has 3 heteroatoms. The Kier molecular flexibility index (Phi) is 4.25. The summed E-state index contributed by atoms with van der Waals surface area (Å²) >= 11 is 0. The third-order valence-electron chi connectivity index (χ3n) is 3.24. The van der Waals surface area contributed by atoms with E-state index in [9.17, 15) is 5.11 Å². The normalized spacial score (nSPS) is 10.9. The van der Waals surface area contributed by atoms with Crippen LogP contribution in [0, 0.1) is 6.92 Å². The number of hydrogen-bond acceptors (Lipinski definition) is 2. The molecule has 0 radical (unpaired) electrons. The molecule has 2 aromatic rings. The maximum absolute atomic E-state index is 10.4. The highest BCUT2D eigenvalue weighted by atomic mass is 16.3. The van der Waals surface area contributed by atoms with E-state index in [2.05, 4.69) is 38.0 Å². The number of nitrogens with zero attached hydrogens (tertiary/aromatic N) is 2. The smallest absolute Gasteiger partial charge is 0.164 e. The number of aromatic nitrogens is 2. The van der Waals surface area contributed by atoms with Gasteiger partial charge in [-0.1, -0.05) is 50.1 Å². The summed E-state index contributed by atoms with van der Waals surface area (Å²) in [5.41, 5.74) is 3.92. The molecule has 2 rings (SSSR count). The Morgan fingerprint density at radius 2 is 1.79 bits per heavy atom. The molecule has 1 aromatic heterocycles. The van der Waals surface area contributed by atoms with Crippen LogP contribution in [0.1, 0.15) is 37.9 Å². The van der Waals surface area contributed by atoms with E-state index in [1.807, 2.05) is 16.8 Å². The molecule has 0 saturated carbocycles. The summed E-state index contributed by atoms with van der Waals surface area (Å²) < 4.78 is 1.94. The Balaban J connectivity index is 2.49. The van der Waals surface area contributed by atoms with Crippen LogP contribution >= 0.6 is 0 Å². The van der Waals surface area contributed by atoms with Crippen molar-refractivity contribution >= 4 is 0 Å². The van der Waals surface area contributed by atoms with Crippen molar-refractivity contribution < 1.29 is 5.11 Å². The van der Waals surface area contributed by atoms with E-state index in [4.69, 9.17) is 0 Å². The van der Waals surface area contributed by atoms with Gasteiger partial charge >= 0.3 is 0 Å². The molecule has 3 nitrogen and oxygen atoms in total. The zero-order chi connectivity index (χ0) is 13.8. The van der Waals surface area contributed by atoms with Crippen molar-refractivity contribution in [3.05, 3.63) is 35.5 Å². The number of rotatable bonds is 5. The monoisotopic (exact) mass is 258 g/mol. The Labute approximate surface area is 114 Å². The summed E-state index contributed by atoms with van der Waals surface area (Å²) in [7, 11) is 0. The van der Waals surface area contributed by atoms with Crippen molar-refractivity contribution in [1.82, 2.24) is 9.78 Å². The second-order valence-electron chi connectivity index (χ2n) is 4.98. The van der Waals surface area contributed by atoms with Crippen molar-refractivity contribution in [1.29, 1.82) is 0 Å². The highest BCUT2D eigenvalue weighted by molar-refractivity contribution is 5.68. The van der Waals surface area contributed by atoms with Crippen LogP contribution in [-0.2, 0) is 13.0 Å². The molecule has 0 fully saturated rings. The average Bonchev–Trinajstić information content (AvgIpc) is 2.69. The minimum absolute atomic E-state index is 0.346. The topological polar surface area (TPSA) is 38.0 Å². The summed E-state index contributed by atoms with van der Waals surface area (Å²) in [4.78, 5) is 0. The number of hydrogen-bond donors (Lipinski definition) is 1. The van der Waals surface area contributed by atoms with E-state index in [1.54, 1.807) is 0 Å². The molecular weight excluding hydrogens is 236 g/mol. The molecular formula is C16H22N2O. The molecule has 0 bridgehead atoms. The number of aryl methyl sites for hydroxylation is 3. The first-order valence-corrected chi connectivity index (χ1v) is 7.03. The van der Waals surface area contributed by atoms with Crippen LogP contribution in [0.15, 0.2) is 24.3 Å². The van der Waals surface area contributed by atoms with Crippen molar-refractivity contribution in [2.24, 2.45) is 0 Å². The molecule has 0 saturated heterocycles. The number of aromatic hydroxyl groups is 1. The lowest BCUT2D eigenvalue weighted by atomic mass is 10.1. The maximum atomic E-state index is 10.4. The Hall–Kier alpha value is -1.77.